The quantitative estimate of drug-likeness (QED) is 0.811. The van der Waals surface area contributed by atoms with Crippen molar-refractivity contribution in [3.05, 3.63) is 60.0 Å². The standard InChI is InChI=1S/C18H17NO4/c1-12-4-9-16-15(10-12)19(11-17(23-16)18(20)22-3)13-5-7-14(21-2)8-6-13/h4-11H,1-3H3. The molecule has 0 radical (unpaired) electrons. The lowest BCUT2D eigenvalue weighted by Gasteiger charge is -2.28. The number of esters is 1. The second-order valence-corrected chi connectivity index (χ2v) is 5.13. The van der Waals surface area contributed by atoms with Gasteiger partial charge in [-0.05, 0) is 48.9 Å². The Kier molecular flexibility index (Phi) is 3.93. The summed E-state index contributed by atoms with van der Waals surface area (Å²) < 4.78 is 15.6. The van der Waals surface area contributed by atoms with Crippen molar-refractivity contribution < 1.29 is 19.0 Å². The molecule has 0 aromatic heterocycles. The van der Waals surface area contributed by atoms with Crippen LogP contribution in [0.3, 0.4) is 0 Å². The molecule has 0 bridgehead atoms. The summed E-state index contributed by atoms with van der Waals surface area (Å²) in [7, 11) is 2.95. The van der Waals surface area contributed by atoms with Gasteiger partial charge in [0.1, 0.15) is 5.75 Å². The first-order valence-electron chi connectivity index (χ1n) is 7.14. The number of carbonyl (C=O) groups is 1. The van der Waals surface area contributed by atoms with Crippen molar-refractivity contribution in [2.45, 2.75) is 6.92 Å². The van der Waals surface area contributed by atoms with Gasteiger partial charge in [-0.2, -0.15) is 0 Å². The average Bonchev–Trinajstić information content (AvgIpc) is 2.60. The van der Waals surface area contributed by atoms with E-state index < -0.39 is 5.97 Å². The lowest BCUT2D eigenvalue weighted by molar-refractivity contribution is -0.138. The molecule has 0 saturated carbocycles. The molecule has 5 nitrogen and oxygen atoms in total. The summed E-state index contributed by atoms with van der Waals surface area (Å²) in [4.78, 5) is 13.8. The molecule has 0 unspecified atom stereocenters. The maximum absolute atomic E-state index is 11.9. The van der Waals surface area contributed by atoms with E-state index in [2.05, 4.69) is 0 Å². The van der Waals surface area contributed by atoms with Crippen LogP contribution in [0.4, 0.5) is 11.4 Å². The summed E-state index contributed by atoms with van der Waals surface area (Å²) in [5.41, 5.74) is 2.85. The van der Waals surface area contributed by atoms with Crippen LogP contribution in [0.5, 0.6) is 11.5 Å². The van der Waals surface area contributed by atoms with Crippen LogP contribution < -0.4 is 14.4 Å². The summed E-state index contributed by atoms with van der Waals surface area (Å²) in [6, 6.07) is 13.4. The van der Waals surface area contributed by atoms with Crippen LogP contribution in [0, 0.1) is 6.92 Å². The minimum atomic E-state index is -0.519. The molecule has 0 atom stereocenters. The molecule has 0 amide bonds. The number of hydrogen-bond donors (Lipinski definition) is 0. The monoisotopic (exact) mass is 311 g/mol. The molecule has 0 N–H and O–H groups in total. The number of carbonyl (C=O) groups excluding carboxylic acids is 1. The lowest BCUT2D eigenvalue weighted by atomic mass is 10.1. The van der Waals surface area contributed by atoms with Gasteiger partial charge in [0.15, 0.2) is 5.75 Å². The van der Waals surface area contributed by atoms with Crippen molar-refractivity contribution in [2.75, 3.05) is 19.1 Å². The van der Waals surface area contributed by atoms with Crippen molar-refractivity contribution in [2.24, 2.45) is 0 Å². The zero-order valence-corrected chi connectivity index (χ0v) is 13.2. The lowest BCUT2D eigenvalue weighted by Crippen LogP contribution is -2.22. The molecule has 3 rings (SSSR count). The minimum absolute atomic E-state index is 0.139. The Balaban J connectivity index is 2.09. The summed E-state index contributed by atoms with van der Waals surface area (Å²) in [6.45, 7) is 2.01. The highest BCUT2D eigenvalue weighted by Gasteiger charge is 2.25. The largest absolute Gasteiger partial charge is 0.497 e. The zero-order valence-electron chi connectivity index (χ0n) is 13.2. The van der Waals surface area contributed by atoms with E-state index in [9.17, 15) is 4.79 Å². The van der Waals surface area contributed by atoms with Gasteiger partial charge in [0.05, 0.1) is 26.1 Å². The highest BCUT2D eigenvalue weighted by atomic mass is 16.6. The fourth-order valence-electron chi connectivity index (χ4n) is 2.38. The fraction of sp³-hybridized carbons (Fsp3) is 0.167. The number of methoxy groups -OCH3 is 2. The molecule has 0 aliphatic carbocycles. The third-order valence-corrected chi connectivity index (χ3v) is 3.58. The van der Waals surface area contributed by atoms with E-state index in [4.69, 9.17) is 14.2 Å². The van der Waals surface area contributed by atoms with E-state index in [1.165, 1.54) is 7.11 Å². The molecule has 0 saturated heterocycles. The van der Waals surface area contributed by atoms with Crippen LogP contribution in [0.1, 0.15) is 5.56 Å². The van der Waals surface area contributed by atoms with Crippen LogP contribution >= 0.6 is 0 Å². The number of fused-ring (bicyclic) bond motifs is 1. The van der Waals surface area contributed by atoms with Gasteiger partial charge in [-0.1, -0.05) is 6.07 Å². The molecule has 0 spiro atoms. The number of benzene rings is 2. The molecule has 1 heterocycles. The molecule has 0 fully saturated rings. The van der Waals surface area contributed by atoms with E-state index in [0.29, 0.717) is 5.75 Å². The molecular weight excluding hydrogens is 294 g/mol. The zero-order chi connectivity index (χ0) is 16.4. The Bertz CT molecular complexity index is 765. The minimum Gasteiger partial charge on any atom is -0.497 e. The number of anilines is 2. The van der Waals surface area contributed by atoms with Gasteiger partial charge in [0.25, 0.3) is 0 Å². The molecule has 2 aromatic rings. The van der Waals surface area contributed by atoms with E-state index in [0.717, 1.165) is 22.7 Å². The summed E-state index contributed by atoms with van der Waals surface area (Å²) >= 11 is 0. The number of nitrogens with zero attached hydrogens (tertiary/aromatic N) is 1. The second-order valence-electron chi connectivity index (χ2n) is 5.13. The molecule has 118 valence electrons. The van der Waals surface area contributed by atoms with E-state index in [1.54, 1.807) is 13.3 Å². The second kappa shape index (κ2) is 6.04. The smallest absolute Gasteiger partial charge is 0.375 e. The highest BCUT2D eigenvalue weighted by Crippen LogP contribution is 2.40. The molecule has 23 heavy (non-hydrogen) atoms. The number of hydrogen-bond acceptors (Lipinski definition) is 5. The summed E-state index contributed by atoms with van der Waals surface area (Å²) in [6.07, 6.45) is 1.63. The third kappa shape index (κ3) is 2.85. The van der Waals surface area contributed by atoms with Crippen molar-refractivity contribution in [3.63, 3.8) is 0 Å². The normalized spacial score (nSPS) is 12.8. The van der Waals surface area contributed by atoms with Gasteiger partial charge in [-0.3, -0.25) is 0 Å². The van der Waals surface area contributed by atoms with Crippen LogP contribution in [-0.4, -0.2) is 20.2 Å². The van der Waals surface area contributed by atoms with E-state index >= 15 is 0 Å². The predicted molar refractivity (Wildman–Crippen MR) is 87.0 cm³/mol. The SMILES string of the molecule is COC(=O)C1=CN(c2ccc(OC)cc2)c2cc(C)ccc2O1. The fourth-order valence-corrected chi connectivity index (χ4v) is 2.38. The van der Waals surface area contributed by atoms with Crippen molar-refractivity contribution in [1.82, 2.24) is 0 Å². The molecule has 2 aromatic carbocycles. The van der Waals surface area contributed by atoms with Crippen LogP contribution in [0.25, 0.3) is 0 Å². The first-order valence-corrected chi connectivity index (χ1v) is 7.14. The molecular formula is C18H17NO4. The maximum atomic E-state index is 11.9. The van der Waals surface area contributed by atoms with Gasteiger partial charge in [0, 0.05) is 5.69 Å². The number of ether oxygens (including phenoxy) is 3. The summed E-state index contributed by atoms with van der Waals surface area (Å²) in [5, 5.41) is 0. The first kappa shape index (κ1) is 15.0. The highest BCUT2D eigenvalue weighted by molar-refractivity contribution is 5.90. The van der Waals surface area contributed by atoms with Crippen molar-refractivity contribution in [3.8, 4) is 11.5 Å². The van der Waals surface area contributed by atoms with Gasteiger partial charge in [-0.25, -0.2) is 4.79 Å². The Morgan fingerprint density at radius 2 is 1.83 bits per heavy atom. The Labute approximate surface area is 134 Å². The van der Waals surface area contributed by atoms with Crippen molar-refractivity contribution in [1.29, 1.82) is 0 Å². The van der Waals surface area contributed by atoms with E-state index in [1.807, 2.05) is 54.3 Å². The van der Waals surface area contributed by atoms with Gasteiger partial charge < -0.3 is 19.1 Å². The Hall–Kier alpha value is -2.95. The molecule has 1 aliphatic rings. The van der Waals surface area contributed by atoms with Crippen molar-refractivity contribution >= 4 is 17.3 Å². The number of rotatable bonds is 3. The molecule has 5 heteroatoms. The van der Waals surface area contributed by atoms with Crippen LogP contribution in [0.15, 0.2) is 54.4 Å². The Morgan fingerprint density at radius 1 is 1.09 bits per heavy atom. The first-order chi connectivity index (χ1) is 11.1. The van der Waals surface area contributed by atoms with Gasteiger partial charge in [-0.15, -0.1) is 0 Å². The molecule has 1 aliphatic heterocycles. The third-order valence-electron chi connectivity index (χ3n) is 3.58. The summed E-state index contributed by atoms with van der Waals surface area (Å²) in [5.74, 6) is 0.993. The average molecular weight is 311 g/mol. The topological polar surface area (TPSA) is 48.0 Å². The van der Waals surface area contributed by atoms with Crippen LogP contribution in [0.2, 0.25) is 0 Å². The van der Waals surface area contributed by atoms with Gasteiger partial charge >= 0.3 is 5.97 Å². The van der Waals surface area contributed by atoms with Crippen LogP contribution in [-0.2, 0) is 9.53 Å². The predicted octanol–water partition coefficient (Wildman–Crippen LogP) is 3.55. The Morgan fingerprint density at radius 3 is 2.48 bits per heavy atom. The number of aryl methyl sites for hydroxylation is 1. The van der Waals surface area contributed by atoms with E-state index in [-0.39, 0.29) is 5.76 Å². The van der Waals surface area contributed by atoms with Gasteiger partial charge in [0.2, 0.25) is 5.76 Å². The maximum Gasteiger partial charge on any atom is 0.375 e.